The molecule has 0 bridgehead atoms. The van der Waals surface area contributed by atoms with Gasteiger partial charge in [0.1, 0.15) is 0 Å². The quantitative estimate of drug-likeness (QED) is 0.759. The first-order valence-corrected chi connectivity index (χ1v) is 8.94. The highest BCUT2D eigenvalue weighted by Gasteiger charge is 2.21. The van der Waals surface area contributed by atoms with Crippen molar-refractivity contribution in [2.45, 2.75) is 26.2 Å². The van der Waals surface area contributed by atoms with Gasteiger partial charge in [0, 0.05) is 18.1 Å². The molecule has 0 unspecified atom stereocenters. The molecule has 140 valence electrons. The molecule has 0 spiro atoms. The van der Waals surface area contributed by atoms with Crippen LogP contribution in [0.3, 0.4) is 0 Å². The van der Waals surface area contributed by atoms with E-state index in [4.69, 9.17) is 11.6 Å². The smallest absolute Gasteiger partial charge is 0.255 e. The van der Waals surface area contributed by atoms with Crippen LogP contribution < -0.4 is 10.6 Å². The number of rotatable bonds is 5. The molecule has 0 aliphatic carbocycles. The van der Waals surface area contributed by atoms with Gasteiger partial charge in [0.2, 0.25) is 0 Å². The van der Waals surface area contributed by atoms with Crippen molar-refractivity contribution in [1.82, 2.24) is 20.4 Å². The van der Waals surface area contributed by atoms with Crippen molar-refractivity contribution in [1.29, 1.82) is 0 Å². The molecule has 0 saturated heterocycles. The summed E-state index contributed by atoms with van der Waals surface area (Å²) in [6.45, 7) is 6.56. The fourth-order valence-electron chi connectivity index (χ4n) is 3.00. The maximum Gasteiger partial charge on any atom is 0.255 e. The van der Waals surface area contributed by atoms with Gasteiger partial charge in [-0.05, 0) is 43.1 Å². The van der Waals surface area contributed by atoms with Gasteiger partial charge in [-0.1, -0.05) is 37.1 Å². The molecule has 1 aliphatic heterocycles. The van der Waals surface area contributed by atoms with Crippen molar-refractivity contribution in [3.05, 3.63) is 58.4 Å². The highest BCUT2D eigenvalue weighted by Crippen LogP contribution is 2.24. The predicted octanol–water partition coefficient (Wildman–Crippen LogP) is 3.72. The Morgan fingerprint density at radius 1 is 1.35 bits per heavy atom. The van der Waals surface area contributed by atoms with Crippen LogP contribution in [0.4, 0.5) is 0 Å². The summed E-state index contributed by atoms with van der Waals surface area (Å²) in [7, 11) is 0. The fourth-order valence-corrected chi connectivity index (χ4v) is 3.12. The zero-order valence-electron chi connectivity index (χ0n) is 15.0. The molecule has 1 aromatic carbocycles. The molecule has 2 heterocycles. The number of carbonyl (C=O) groups is 1. The van der Waals surface area contributed by atoms with Gasteiger partial charge >= 0.3 is 0 Å². The Balaban J connectivity index is 0.00000243. The number of aromatic nitrogens is 2. The first-order chi connectivity index (χ1) is 12.1. The summed E-state index contributed by atoms with van der Waals surface area (Å²) < 4.78 is 1.82. The summed E-state index contributed by atoms with van der Waals surface area (Å²) >= 11 is 5.97. The summed E-state index contributed by atoms with van der Waals surface area (Å²) in [6, 6.07) is 7.46. The van der Waals surface area contributed by atoms with Crippen molar-refractivity contribution < 1.29 is 4.79 Å². The lowest BCUT2D eigenvalue weighted by molar-refractivity contribution is 0.0955. The highest BCUT2D eigenvalue weighted by molar-refractivity contribution is 6.30. The van der Waals surface area contributed by atoms with Crippen LogP contribution in [-0.2, 0) is 0 Å². The van der Waals surface area contributed by atoms with E-state index in [0.717, 1.165) is 30.9 Å². The van der Waals surface area contributed by atoms with Crippen molar-refractivity contribution in [3.8, 4) is 5.69 Å². The van der Waals surface area contributed by atoms with Crippen LogP contribution in [0.5, 0.6) is 0 Å². The van der Waals surface area contributed by atoms with E-state index in [1.54, 1.807) is 6.20 Å². The minimum Gasteiger partial charge on any atom is -0.348 e. The van der Waals surface area contributed by atoms with Crippen molar-refractivity contribution >= 4 is 29.9 Å². The second-order valence-corrected chi connectivity index (χ2v) is 6.92. The molecular formula is C19H24Cl2N4O. The number of carbonyl (C=O) groups excluding carboxylic acids is 1. The summed E-state index contributed by atoms with van der Waals surface area (Å²) in [6.07, 6.45) is 4.77. The van der Waals surface area contributed by atoms with Gasteiger partial charge in [-0.2, -0.15) is 5.10 Å². The molecule has 0 fully saturated rings. The Bertz CT molecular complexity index is 781. The standard InChI is InChI=1S/C19H23ClN4O.ClH/c1-13(2)18-17(19(25)22-11-14-7-9-21-10-8-14)12-23-24(18)16-5-3-15(20)4-6-16;/h3-7,12-13,21H,8-11H2,1-2H3,(H,22,25);1H. The zero-order chi connectivity index (χ0) is 17.8. The predicted molar refractivity (Wildman–Crippen MR) is 108 cm³/mol. The molecule has 1 aliphatic rings. The molecule has 1 aromatic heterocycles. The van der Waals surface area contributed by atoms with Gasteiger partial charge in [-0.25, -0.2) is 4.68 Å². The molecular weight excluding hydrogens is 371 g/mol. The first kappa shape index (κ1) is 20.5. The normalized spacial score (nSPS) is 13.9. The third-order valence-electron chi connectivity index (χ3n) is 4.30. The first-order valence-electron chi connectivity index (χ1n) is 8.57. The lowest BCUT2D eigenvalue weighted by Gasteiger charge is -2.16. The van der Waals surface area contributed by atoms with E-state index < -0.39 is 0 Å². The topological polar surface area (TPSA) is 59.0 Å². The second kappa shape index (κ2) is 9.21. The van der Waals surface area contributed by atoms with Crippen molar-refractivity contribution in [2.24, 2.45) is 0 Å². The Morgan fingerprint density at radius 2 is 2.08 bits per heavy atom. The van der Waals surface area contributed by atoms with Crippen molar-refractivity contribution in [2.75, 3.05) is 19.6 Å². The van der Waals surface area contributed by atoms with Gasteiger partial charge < -0.3 is 10.6 Å². The summed E-state index contributed by atoms with van der Waals surface area (Å²) in [4.78, 5) is 12.7. The van der Waals surface area contributed by atoms with Crippen LogP contribution >= 0.6 is 24.0 Å². The van der Waals surface area contributed by atoms with E-state index in [2.05, 4.69) is 35.7 Å². The van der Waals surface area contributed by atoms with E-state index in [0.29, 0.717) is 17.1 Å². The number of nitrogens with zero attached hydrogens (tertiary/aromatic N) is 2. The van der Waals surface area contributed by atoms with Crippen molar-refractivity contribution in [3.63, 3.8) is 0 Å². The number of hydrogen-bond donors (Lipinski definition) is 2. The third kappa shape index (κ3) is 4.67. The Hall–Kier alpha value is -1.82. The summed E-state index contributed by atoms with van der Waals surface area (Å²) in [5, 5.41) is 11.4. The van der Waals surface area contributed by atoms with E-state index in [-0.39, 0.29) is 24.2 Å². The Kier molecular flexibility index (Phi) is 7.26. The molecule has 0 saturated carbocycles. The van der Waals surface area contributed by atoms with Gasteiger partial charge in [0.25, 0.3) is 5.91 Å². The molecule has 3 rings (SSSR count). The maximum atomic E-state index is 12.7. The molecule has 2 N–H and O–H groups in total. The van der Waals surface area contributed by atoms with Gasteiger partial charge in [-0.15, -0.1) is 12.4 Å². The van der Waals surface area contributed by atoms with Gasteiger partial charge in [0.15, 0.2) is 0 Å². The van der Waals surface area contributed by atoms with Crippen LogP contribution in [-0.4, -0.2) is 35.3 Å². The second-order valence-electron chi connectivity index (χ2n) is 6.49. The third-order valence-corrected chi connectivity index (χ3v) is 4.56. The molecule has 7 heteroatoms. The highest BCUT2D eigenvalue weighted by atomic mass is 35.5. The zero-order valence-corrected chi connectivity index (χ0v) is 16.5. The SMILES string of the molecule is CC(C)c1c(C(=O)NCC2=CCNCC2)cnn1-c1ccc(Cl)cc1.Cl. The average Bonchev–Trinajstić information content (AvgIpc) is 3.06. The minimum atomic E-state index is -0.0802. The lowest BCUT2D eigenvalue weighted by atomic mass is 10.0. The molecule has 26 heavy (non-hydrogen) atoms. The van der Waals surface area contributed by atoms with Crippen LogP contribution in [0.2, 0.25) is 5.02 Å². The van der Waals surface area contributed by atoms with Crippen LogP contribution in [0.1, 0.15) is 42.2 Å². The molecule has 5 nitrogen and oxygen atoms in total. The van der Waals surface area contributed by atoms with Gasteiger partial charge in [-0.3, -0.25) is 4.79 Å². The summed E-state index contributed by atoms with van der Waals surface area (Å²) in [5.41, 5.74) is 3.69. The number of halogens is 2. The van der Waals surface area contributed by atoms with E-state index in [9.17, 15) is 4.79 Å². The number of amides is 1. The summed E-state index contributed by atoms with van der Waals surface area (Å²) in [5.74, 6) is 0.0837. The number of benzene rings is 1. The van der Waals surface area contributed by atoms with Gasteiger partial charge in [0.05, 0.1) is 23.1 Å². The maximum absolute atomic E-state index is 12.7. The van der Waals surface area contributed by atoms with Crippen LogP contribution in [0.25, 0.3) is 5.69 Å². The molecule has 2 aromatic rings. The largest absolute Gasteiger partial charge is 0.348 e. The number of nitrogens with one attached hydrogen (secondary N) is 2. The Labute approximate surface area is 165 Å². The fraction of sp³-hybridized carbons (Fsp3) is 0.368. The lowest BCUT2D eigenvalue weighted by Crippen LogP contribution is -2.30. The monoisotopic (exact) mass is 394 g/mol. The van der Waals surface area contributed by atoms with E-state index in [1.807, 2.05) is 28.9 Å². The molecule has 1 amide bonds. The Morgan fingerprint density at radius 3 is 2.69 bits per heavy atom. The molecule has 0 atom stereocenters. The van der Waals surface area contributed by atoms with E-state index in [1.165, 1.54) is 5.57 Å². The van der Waals surface area contributed by atoms with Crippen LogP contribution in [0.15, 0.2) is 42.1 Å². The molecule has 0 radical (unpaired) electrons. The minimum absolute atomic E-state index is 0. The average molecular weight is 395 g/mol. The van der Waals surface area contributed by atoms with E-state index >= 15 is 0 Å². The van der Waals surface area contributed by atoms with Crippen LogP contribution in [0, 0.1) is 0 Å². The number of hydrogen-bond acceptors (Lipinski definition) is 3.